The fraction of sp³-hybridized carbons (Fsp3) is 0.733. The summed E-state index contributed by atoms with van der Waals surface area (Å²) in [5.41, 5.74) is 2.53. The maximum absolute atomic E-state index is 12.5. The van der Waals surface area contributed by atoms with E-state index in [-0.39, 0.29) is 6.04 Å². The average Bonchev–Trinajstić information content (AvgIpc) is 3.15. The second-order valence-corrected chi connectivity index (χ2v) is 6.50. The Morgan fingerprint density at radius 1 is 1.38 bits per heavy atom. The predicted octanol–water partition coefficient (Wildman–Crippen LogP) is 0.181. The Labute approximate surface area is 125 Å². The summed E-state index contributed by atoms with van der Waals surface area (Å²) in [4.78, 5) is 16.8. The van der Waals surface area contributed by atoms with Gasteiger partial charge < -0.3 is 10.2 Å². The largest absolute Gasteiger partial charge is 0.338 e. The molecular formula is C15H23N5O. The SMILES string of the molecule is CN(Cc1cnn2c1CNCC2)C1CCN(C2CC2)C1=O. The molecule has 2 fully saturated rings. The third kappa shape index (κ3) is 2.36. The highest BCUT2D eigenvalue weighted by Crippen LogP contribution is 2.32. The van der Waals surface area contributed by atoms with Crippen LogP contribution in [0.5, 0.6) is 0 Å². The Morgan fingerprint density at radius 3 is 3.05 bits per heavy atom. The number of carbonyl (C=O) groups excluding carboxylic acids is 1. The molecule has 1 amide bonds. The van der Waals surface area contributed by atoms with Crippen LogP contribution in [0.3, 0.4) is 0 Å². The number of carbonyl (C=O) groups is 1. The molecule has 114 valence electrons. The van der Waals surface area contributed by atoms with Gasteiger partial charge in [-0.3, -0.25) is 14.4 Å². The van der Waals surface area contributed by atoms with Gasteiger partial charge in [0.15, 0.2) is 0 Å². The standard InChI is InChI=1S/C15H23N5O/c1-18(13-4-6-19(15(13)21)12-2-3-12)10-11-8-17-20-7-5-16-9-14(11)20/h8,12-13,16H,2-7,9-10H2,1H3. The molecule has 1 unspecified atom stereocenters. The summed E-state index contributed by atoms with van der Waals surface area (Å²) in [6, 6.07) is 0.599. The van der Waals surface area contributed by atoms with Crippen LogP contribution in [0.1, 0.15) is 30.5 Å². The number of rotatable bonds is 4. The third-order valence-electron chi connectivity index (χ3n) is 4.98. The molecule has 1 saturated carbocycles. The van der Waals surface area contributed by atoms with Crippen LogP contribution in [0.25, 0.3) is 0 Å². The van der Waals surface area contributed by atoms with Crippen LogP contribution >= 0.6 is 0 Å². The molecule has 1 aliphatic carbocycles. The molecule has 1 saturated heterocycles. The lowest BCUT2D eigenvalue weighted by Crippen LogP contribution is -2.40. The molecule has 2 aliphatic heterocycles. The summed E-state index contributed by atoms with van der Waals surface area (Å²) >= 11 is 0. The van der Waals surface area contributed by atoms with E-state index in [1.165, 1.54) is 24.1 Å². The molecular weight excluding hydrogens is 266 g/mol. The van der Waals surface area contributed by atoms with Gasteiger partial charge in [-0.2, -0.15) is 5.10 Å². The van der Waals surface area contributed by atoms with Crippen molar-refractivity contribution >= 4 is 5.91 Å². The summed E-state index contributed by atoms with van der Waals surface area (Å²) in [7, 11) is 2.07. The minimum atomic E-state index is 0.0534. The number of hydrogen-bond donors (Lipinski definition) is 1. The highest BCUT2D eigenvalue weighted by molar-refractivity contribution is 5.84. The summed E-state index contributed by atoms with van der Waals surface area (Å²) in [5.74, 6) is 0.333. The van der Waals surface area contributed by atoms with Gasteiger partial charge in [-0.15, -0.1) is 0 Å². The number of nitrogens with one attached hydrogen (secondary N) is 1. The zero-order chi connectivity index (χ0) is 14.4. The number of amides is 1. The Morgan fingerprint density at radius 2 is 2.24 bits per heavy atom. The predicted molar refractivity (Wildman–Crippen MR) is 78.5 cm³/mol. The number of hydrogen-bond acceptors (Lipinski definition) is 4. The van der Waals surface area contributed by atoms with Crippen molar-refractivity contribution in [3.8, 4) is 0 Å². The van der Waals surface area contributed by atoms with Gasteiger partial charge in [0.05, 0.1) is 24.5 Å². The Balaban J connectivity index is 1.45. The summed E-state index contributed by atoms with van der Waals surface area (Å²) in [5, 5.41) is 7.86. The van der Waals surface area contributed by atoms with Gasteiger partial charge in [-0.05, 0) is 26.3 Å². The molecule has 21 heavy (non-hydrogen) atoms. The van der Waals surface area contributed by atoms with Gasteiger partial charge in [-0.1, -0.05) is 0 Å². The summed E-state index contributed by atoms with van der Waals surface area (Å²) < 4.78 is 2.09. The van der Waals surface area contributed by atoms with E-state index >= 15 is 0 Å². The van der Waals surface area contributed by atoms with Crippen molar-refractivity contribution < 1.29 is 4.79 Å². The average molecular weight is 289 g/mol. The van der Waals surface area contributed by atoms with Crippen LogP contribution in [-0.2, 0) is 24.4 Å². The monoisotopic (exact) mass is 289 g/mol. The first-order valence-corrected chi connectivity index (χ1v) is 7.99. The molecule has 6 nitrogen and oxygen atoms in total. The van der Waals surface area contributed by atoms with Crippen molar-refractivity contribution in [3.63, 3.8) is 0 Å². The number of nitrogens with zero attached hydrogens (tertiary/aromatic N) is 4. The van der Waals surface area contributed by atoms with E-state index in [1.807, 2.05) is 6.20 Å². The van der Waals surface area contributed by atoms with Crippen LogP contribution in [0.2, 0.25) is 0 Å². The van der Waals surface area contributed by atoms with E-state index in [9.17, 15) is 4.79 Å². The maximum atomic E-state index is 12.5. The van der Waals surface area contributed by atoms with Crippen LogP contribution in [-0.4, -0.2) is 57.7 Å². The smallest absolute Gasteiger partial charge is 0.240 e. The Kier molecular flexibility index (Phi) is 3.23. The van der Waals surface area contributed by atoms with Crippen LogP contribution < -0.4 is 5.32 Å². The molecule has 1 N–H and O–H groups in total. The molecule has 3 heterocycles. The minimum absolute atomic E-state index is 0.0534. The van der Waals surface area contributed by atoms with Gasteiger partial charge in [-0.25, -0.2) is 0 Å². The fourth-order valence-electron chi connectivity index (χ4n) is 3.59. The Hall–Kier alpha value is -1.40. The van der Waals surface area contributed by atoms with Crippen molar-refractivity contribution in [1.82, 2.24) is 24.9 Å². The second kappa shape index (κ2) is 5.10. The molecule has 3 aliphatic rings. The van der Waals surface area contributed by atoms with Crippen molar-refractivity contribution in [2.75, 3.05) is 20.1 Å². The lowest BCUT2D eigenvalue weighted by Gasteiger charge is -2.24. The quantitative estimate of drug-likeness (QED) is 0.859. The van der Waals surface area contributed by atoms with Gasteiger partial charge in [0, 0.05) is 37.8 Å². The number of likely N-dealkylation sites (N-methyl/N-ethyl adjacent to an activating group) is 1. The van der Waals surface area contributed by atoms with Crippen LogP contribution in [0.4, 0.5) is 0 Å². The minimum Gasteiger partial charge on any atom is -0.338 e. The lowest BCUT2D eigenvalue weighted by atomic mass is 10.1. The van der Waals surface area contributed by atoms with E-state index in [2.05, 4.69) is 31.9 Å². The molecule has 0 radical (unpaired) electrons. The number of aromatic nitrogens is 2. The number of likely N-dealkylation sites (tertiary alicyclic amines) is 1. The molecule has 1 aromatic heterocycles. The first-order chi connectivity index (χ1) is 10.2. The zero-order valence-electron chi connectivity index (χ0n) is 12.6. The third-order valence-corrected chi connectivity index (χ3v) is 4.98. The van der Waals surface area contributed by atoms with E-state index in [1.54, 1.807) is 0 Å². The van der Waals surface area contributed by atoms with Gasteiger partial charge in [0.25, 0.3) is 0 Å². The molecule has 0 bridgehead atoms. The first kappa shape index (κ1) is 13.3. The normalized spacial score (nSPS) is 25.7. The molecule has 0 spiro atoms. The Bertz CT molecular complexity index is 550. The van der Waals surface area contributed by atoms with Gasteiger partial charge in [0.2, 0.25) is 5.91 Å². The van der Waals surface area contributed by atoms with Gasteiger partial charge in [0.1, 0.15) is 0 Å². The first-order valence-electron chi connectivity index (χ1n) is 7.99. The number of fused-ring (bicyclic) bond motifs is 1. The fourth-order valence-corrected chi connectivity index (χ4v) is 3.59. The molecule has 1 aromatic rings. The zero-order valence-corrected chi connectivity index (χ0v) is 12.6. The maximum Gasteiger partial charge on any atom is 0.240 e. The molecule has 4 rings (SSSR count). The molecule has 1 atom stereocenters. The van der Waals surface area contributed by atoms with Crippen molar-refractivity contribution in [2.45, 2.75) is 51.0 Å². The van der Waals surface area contributed by atoms with E-state index in [0.717, 1.165) is 39.1 Å². The second-order valence-electron chi connectivity index (χ2n) is 6.50. The van der Waals surface area contributed by atoms with Crippen molar-refractivity contribution in [2.24, 2.45) is 0 Å². The van der Waals surface area contributed by atoms with E-state index in [4.69, 9.17) is 0 Å². The summed E-state index contributed by atoms with van der Waals surface area (Å²) in [6.45, 7) is 4.56. The van der Waals surface area contributed by atoms with Gasteiger partial charge >= 0.3 is 0 Å². The van der Waals surface area contributed by atoms with Crippen LogP contribution in [0, 0.1) is 0 Å². The molecule has 6 heteroatoms. The molecule has 0 aromatic carbocycles. The van der Waals surface area contributed by atoms with Crippen molar-refractivity contribution in [1.29, 1.82) is 0 Å². The van der Waals surface area contributed by atoms with Crippen LogP contribution in [0.15, 0.2) is 6.20 Å². The van der Waals surface area contributed by atoms with E-state index in [0.29, 0.717) is 11.9 Å². The van der Waals surface area contributed by atoms with Crippen molar-refractivity contribution in [3.05, 3.63) is 17.5 Å². The topological polar surface area (TPSA) is 53.4 Å². The lowest BCUT2D eigenvalue weighted by molar-refractivity contribution is -0.132. The summed E-state index contributed by atoms with van der Waals surface area (Å²) in [6.07, 6.45) is 5.33. The highest BCUT2D eigenvalue weighted by Gasteiger charge is 2.41. The highest BCUT2D eigenvalue weighted by atomic mass is 16.2. The van der Waals surface area contributed by atoms with E-state index < -0.39 is 0 Å².